The third-order valence-electron chi connectivity index (χ3n) is 5.34. The molecule has 0 bridgehead atoms. The predicted octanol–water partition coefficient (Wildman–Crippen LogP) is 2.91. The van der Waals surface area contributed by atoms with Gasteiger partial charge in [-0.2, -0.15) is 0 Å². The molecule has 8 heteroatoms. The van der Waals surface area contributed by atoms with E-state index in [1.807, 2.05) is 77.7 Å². The van der Waals surface area contributed by atoms with Crippen molar-refractivity contribution >= 4 is 17.8 Å². The van der Waals surface area contributed by atoms with Crippen LogP contribution in [0.4, 0.5) is 0 Å². The number of benzene rings is 2. The summed E-state index contributed by atoms with van der Waals surface area (Å²) >= 11 is 0. The quantitative estimate of drug-likeness (QED) is 0.575. The van der Waals surface area contributed by atoms with Gasteiger partial charge in [-0.25, -0.2) is 9.59 Å². The molecule has 1 aromatic heterocycles. The Labute approximate surface area is 191 Å². The first-order chi connectivity index (χ1) is 16.0. The molecule has 1 saturated heterocycles. The number of carbonyl (C=O) groups excluding carboxylic acids is 1. The molecule has 4 rings (SSSR count). The van der Waals surface area contributed by atoms with Crippen LogP contribution in [0.25, 0.3) is 0 Å². The smallest absolute Gasteiger partial charge is 0.414 e. The highest BCUT2D eigenvalue weighted by Crippen LogP contribution is 2.27. The van der Waals surface area contributed by atoms with Crippen molar-refractivity contribution in [2.75, 3.05) is 26.2 Å². The van der Waals surface area contributed by atoms with Crippen LogP contribution in [0.3, 0.4) is 0 Å². The van der Waals surface area contributed by atoms with E-state index in [0.717, 1.165) is 49.6 Å². The van der Waals surface area contributed by atoms with Crippen LogP contribution in [-0.4, -0.2) is 64.0 Å². The van der Waals surface area contributed by atoms with Gasteiger partial charge in [0.05, 0.1) is 18.7 Å². The summed E-state index contributed by atoms with van der Waals surface area (Å²) in [4.78, 5) is 36.0. The van der Waals surface area contributed by atoms with Gasteiger partial charge in [-0.1, -0.05) is 60.7 Å². The summed E-state index contributed by atoms with van der Waals surface area (Å²) < 4.78 is 5.44. The Hall–Kier alpha value is -3.91. The van der Waals surface area contributed by atoms with E-state index in [1.54, 1.807) is 6.26 Å². The van der Waals surface area contributed by atoms with Gasteiger partial charge in [-0.3, -0.25) is 9.69 Å². The van der Waals surface area contributed by atoms with Crippen molar-refractivity contribution in [1.29, 1.82) is 0 Å². The zero-order valence-corrected chi connectivity index (χ0v) is 18.0. The maximum atomic E-state index is 13.4. The van der Waals surface area contributed by atoms with Crippen LogP contribution in [-0.2, 0) is 20.9 Å². The first-order valence-corrected chi connectivity index (χ1v) is 10.6. The minimum atomic E-state index is -1.82. The highest BCUT2D eigenvalue weighted by atomic mass is 16.4. The molecule has 1 fully saturated rings. The monoisotopic (exact) mass is 450 g/mol. The molecule has 3 aromatic rings. The van der Waals surface area contributed by atoms with E-state index in [2.05, 4.69) is 4.90 Å². The molecule has 8 nitrogen and oxygen atoms in total. The van der Waals surface area contributed by atoms with Gasteiger partial charge < -0.3 is 19.5 Å². The molecule has 0 aliphatic carbocycles. The highest BCUT2D eigenvalue weighted by Gasteiger charge is 2.29. The summed E-state index contributed by atoms with van der Waals surface area (Å²) in [5.41, 5.74) is 2.10. The average Bonchev–Trinajstić information content (AvgIpc) is 3.34. The van der Waals surface area contributed by atoms with Gasteiger partial charge in [-0.15, -0.1) is 0 Å². The third-order valence-corrected chi connectivity index (χ3v) is 5.34. The molecule has 1 aliphatic heterocycles. The van der Waals surface area contributed by atoms with Gasteiger partial charge in [0.25, 0.3) is 0 Å². The number of carboxylic acid groups (broad SMARTS) is 2. The Kier molecular flexibility index (Phi) is 8.37. The molecule has 33 heavy (non-hydrogen) atoms. The van der Waals surface area contributed by atoms with Gasteiger partial charge in [0, 0.05) is 26.2 Å². The number of aliphatic carboxylic acids is 2. The standard InChI is InChI=1S/C23H24N2O2.C2H2O4/c26-23(25-15-13-24(14-16-25)18-21-12-7-17-27-21)22(19-8-3-1-4-9-19)20-10-5-2-6-11-20;3-1(4)2(5)6/h1-12,17,22H,13-16,18H2;(H,3,4)(H,5,6). The van der Waals surface area contributed by atoms with Gasteiger partial charge in [-0.05, 0) is 23.3 Å². The fourth-order valence-corrected chi connectivity index (χ4v) is 3.70. The second kappa shape index (κ2) is 11.6. The summed E-state index contributed by atoms with van der Waals surface area (Å²) in [6.45, 7) is 4.02. The van der Waals surface area contributed by atoms with Crippen molar-refractivity contribution in [1.82, 2.24) is 9.80 Å². The number of carboxylic acids is 2. The number of piperazine rings is 1. The summed E-state index contributed by atoms with van der Waals surface area (Å²) in [6.07, 6.45) is 1.71. The molecule has 0 saturated carbocycles. The Balaban J connectivity index is 0.000000454. The highest BCUT2D eigenvalue weighted by molar-refractivity contribution is 6.27. The van der Waals surface area contributed by atoms with Crippen molar-refractivity contribution in [3.05, 3.63) is 95.9 Å². The molecule has 2 heterocycles. The van der Waals surface area contributed by atoms with Crippen LogP contribution in [0.2, 0.25) is 0 Å². The molecular formula is C25H26N2O6. The average molecular weight is 450 g/mol. The molecular weight excluding hydrogens is 424 g/mol. The predicted molar refractivity (Wildman–Crippen MR) is 121 cm³/mol. The van der Waals surface area contributed by atoms with Crippen molar-refractivity contribution in [2.24, 2.45) is 0 Å². The molecule has 172 valence electrons. The SMILES string of the molecule is O=C(C(c1ccccc1)c1ccccc1)N1CCN(Cc2ccco2)CC1.O=C(O)C(=O)O. The van der Waals surface area contributed by atoms with Crippen LogP contribution in [0.1, 0.15) is 22.8 Å². The number of amides is 1. The van der Waals surface area contributed by atoms with Crippen LogP contribution in [0.15, 0.2) is 83.5 Å². The molecule has 2 aromatic carbocycles. The Morgan fingerprint density at radius 3 is 1.70 bits per heavy atom. The molecule has 0 radical (unpaired) electrons. The van der Waals surface area contributed by atoms with Gasteiger partial charge in [0.1, 0.15) is 5.76 Å². The maximum absolute atomic E-state index is 13.4. The second-order valence-corrected chi connectivity index (χ2v) is 7.55. The van der Waals surface area contributed by atoms with Crippen LogP contribution >= 0.6 is 0 Å². The lowest BCUT2D eigenvalue weighted by Crippen LogP contribution is -2.49. The van der Waals surface area contributed by atoms with E-state index in [4.69, 9.17) is 24.2 Å². The van der Waals surface area contributed by atoms with Gasteiger partial charge >= 0.3 is 11.9 Å². The molecule has 0 atom stereocenters. The van der Waals surface area contributed by atoms with E-state index in [0.29, 0.717) is 0 Å². The third kappa shape index (κ3) is 6.78. The molecule has 0 unspecified atom stereocenters. The Bertz CT molecular complexity index is 978. The van der Waals surface area contributed by atoms with Gasteiger partial charge in [0.2, 0.25) is 5.91 Å². The van der Waals surface area contributed by atoms with E-state index >= 15 is 0 Å². The molecule has 2 N–H and O–H groups in total. The summed E-state index contributed by atoms with van der Waals surface area (Å²) in [5, 5.41) is 14.8. The van der Waals surface area contributed by atoms with E-state index in [1.165, 1.54) is 0 Å². The van der Waals surface area contributed by atoms with E-state index in [-0.39, 0.29) is 11.8 Å². The number of furan rings is 1. The Morgan fingerprint density at radius 2 is 1.27 bits per heavy atom. The minimum absolute atomic E-state index is 0.185. The van der Waals surface area contributed by atoms with Crippen molar-refractivity contribution in [3.63, 3.8) is 0 Å². The Morgan fingerprint density at radius 1 is 0.758 bits per heavy atom. The van der Waals surface area contributed by atoms with Gasteiger partial charge in [0.15, 0.2) is 0 Å². The zero-order valence-electron chi connectivity index (χ0n) is 18.0. The fourth-order valence-electron chi connectivity index (χ4n) is 3.70. The lowest BCUT2D eigenvalue weighted by molar-refractivity contribution is -0.159. The maximum Gasteiger partial charge on any atom is 0.414 e. The van der Waals surface area contributed by atoms with E-state index < -0.39 is 11.9 Å². The first kappa shape index (κ1) is 23.7. The lowest BCUT2D eigenvalue weighted by atomic mass is 9.90. The summed E-state index contributed by atoms with van der Waals surface area (Å²) in [6, 6.07) is 24.1. The first-order valence-electron chi connectivity index (χ1n) is 10.6. The number of rotatable bonds is 5. The van der Waals surface area contributed by atoms with Crippen LogP contribution in [0, 0.1) is 0 Å². The van der Waals surface area contributed by atoms with Crippen molar-refractivity contribution in [2.45, 2.75) is 12.5 Å². The fraction of sp³-hybridized carbons (Fsp3) is 0.240. The summed E-state index contributed by atoms with van der Waals surface area (Å²) in [5.74, 6) is -2.74. The number of hydrogen-bond acceptors (Lipinski definition) is 5. The largest absolute Gasteiger partial charge is 0.473 e. The van der Waals surface area contributed by atoms with Crippen molar-refractivity contribution < 1.29 is 29.0 Å². The van der Waals surface area contributed by atoms with Crippen molar-refractivity contribution in [3.8, 4) is 0 Å². The number of carbonyl (C=O) groups is 3. The lowest BCUT2D eigenvalue weighted by Gasteiger charge is -2.36. The number of nitrogens with zero attached hydrogens (tertiary/aromatic N) is 2. The minimum Gasteiger partial charge on any atom is -0.473 e. The zero-order chi connectivity index (χ0) is 23.6. The molecule has 1 amide bonds. The topological polar surface area (TPSA) is 111 Å². The van der Waals surface area contributed by atoms with Crippen LogP contribution in [0.5, 0.6) is 0 Å². The molecule has 0 spiro atoms. The van der Waals surface area contributed by atoms with E-state index in [9.17, 15) is 4.79 Å². The summed E-state index contributed by atoms with van der Waals surface area (Å²) in [7, 11) is 0. The number of hydrogen-bond donors (Lipinski definition) is 2. The second-order valence-electron chi connectivity index (χ2n) is 7.55. The molecule has 1 aliphatic rings. The normalized spacial score (nSPS) is 13.8. The van der Waals surface area contributed by atoms with Crippen LogP contribution < -0.4 is 0 Å².